The quantitative estimate of drug-likeness (QED) is 0.912. The van der Waals surface area contributed by atoms with Gasteiger partial charge in [0.05, 0.1) is 0 Å². The fraction of sp³-hybridized carbons (Fsp3) is 0.278. The summed E-state index contributed by atoms with van der Waals surface area (Å²) in [6.07, 6.45) is 0. The number of amides is 1. The van der Waals surface area contributed by atoms with Gasteiger partial charge >= 0.3 is 0 Å². The van der Waals surface area contributed by atoms with Gasteiger partial charge in [0.2, 0.25) is 0 Å². The van der Waals surface area contributed by atoms with Crippen LogP contribution in [-0.2, 0) is 0 Å². The van der Waals surface area contributed by atoms with Crippen molar-refractivity contribution in [3.63, 3.8) is 0 Å². The van der Waals surface area contributed by atoms with Crippen molar-refractivity contribution in [1.29, 1.82) is 0 Å². The second kappa shape index (κ2) is 6.93. The highest BCUT2D eigenvalue weighted by molar-refractivity contribution is 5.94. The lowest BCUT2D eigenvalue weighted by Gasteiger charge is -2.14. The second-order valence-corrected chi connectivity index (χ2v) is 5.46. The molecule has 3 nitrogen and oxygen atoms in total. The van der Waals surface area contributed by atoms with Crippen molar-refractivity contribution in [3.05, 3.63) is 65.7 Å². The van der Waals surface area contributed by atoms with E-state index in [1.165, 1.54) is 5.56 Å². The van der Waals surface area contributed by atoms with Gasteiger partial charge in [0.1, 0.15) is 0 Å². The van der Waals surface area contributed by atoms with Gasteiger partial charge in [0, 0.05) is 31.9 Å². The second-order valence-electron chi connectivity index (χ2n) is 5.46. The van der Waals surface area contributed by atoms with Gasteiger partial charge in [0.25, 0.3) is 5.91 Å². The van der Waals surface area contributed by atoms with Crippen molar-refractivity contribution in [2.45, 2.75) is 12.8 Å². The Kier molecular flexibility index (Phi) is 4.99. The number of nitrogens with zero attached hydrogens (tertiary/aromatic N) is 1. The summed E-state index contributed by atoms with van der Waals surface area (Å²) in [5.41, 5.74) is 3.02. The zero-order valence-corrected chi connectivity index (χ0v) is 12.8. The largest absolute Gasteiger partial charge is 0.378 e. The van der Waals surface area contributed by atoms with Gasteiger partial charge < -0.3 is 10.2 Å². The number of benzene rings is 2. The molecule has 0 saturated heterocycles. The van der Waals surface area contributed by atoms with Crippen LogP contribution in [0.25, 0.3) is 0 Å². The highest BCUT2D eigenvalue weighted by atomic mass is 16.1. The van der Waals surface area contributed by atoms with E-state index >= 15 is 0 Å². The fourth-order valence-corrected chi connectivity index (χ4v) is 2.16. The molecule has 0 saturated carbocycles. The molecule has 0 aliphatic carbocycles. The molecule has 1 unspecified atom stereocenters. The molecule has 0 spiro atoms. The molecule has 1 atom stereocenters. The first kappa shape index (κ1) is 15.1. The van der Waals surface area contributed by atoms with E-state index in [0.29, 0.717) is 18.0 Å². The van der Waals surface area contributed by atoms with Gasteiger partial charge in [-0.05, 0) is 35.7 Å². The van der Waals surface area contributed by atoms with E-state index in [4.69, 9.17) is 0 Å². The molecule has 0 fully saturated rings. The van der Waals surface area contributed by atoms with E-state index < -0.39 is 0 Å². The highest BCUT2D eigenvalue weighted by Crippen LogP contribution is 2.14. The SMILES string of the molecule is CC(CNC(=O)c1ccc(N(C)C)cc1)c1ccccc1. The predicted molar refractivity (Wildman–Crippen MR) is 88.0 cm³/mol. The lowest BCUT2D eigenvalue weighted by Crippen LogP contribution is -2.27. The number of hydrogen-bond donors (Lipinski definition) is 1. The molecule has 2 aromatic rings. The molecule has 2 rings (SSSR count). The number of carbonyl (C=O) groups excluding carboxylic acids is 1. The number of anilines is 1. The third-order valence-corrected chi connectivity index (χ3v) is 3.58. The van der Waals surface area contributed by atoms with Crippen molar-refractivity contribution in [1.82, 2.24) is 5.32 Å². The van der Waals surface area contributed by atoms with Gasteiger partial charge in [-0.25, -0.2) is 0 Å². The lowest BCUT2D eigenvalue weighted by molar-refractivity contribution is 0.0951. The molecule has 0 aromatic heterocycles. The zero-order valence-electron chi connectivity index (χ0n) is 12.8. The highest BCUT2D eigenvalue weighted by Gasteiger charge is 2.09. The number of carbonyl (C=O) groups is 1. The van der Waals surface area contributed by atoms with E-state index in [1.54, 1.807) is 0 Å². The summed E-state index contributed by atoms with van der Waals surface area (Å²) in [6.45, 7) is 2.75. The minimum absolute atomic E-state index is 0.0249. The Morgan fingerprint density at radius 1 is 1.05 bits per heavy atom. The van der Waals surface area contributed by atoms with E-state index in [1.807, 2.05) is 61.5 Å². The van der Waals surface area contributed by atoms with Crippen LogP contribution >= 0.6 is 0 Å². The standard InChI is InChI=1S/C18H22N2O/c1-14(15-7-5-4-6-8-15)13-19-18(21)16-9-11-17(12-10-16)20(2)3/h4-12,14H,13H2,1-3H3,(H,19,21). The number of rotatable bonds is 5. The average Bonchev–Trinajstić information content (AvgIpc) is 2.53. The van der Waals surface area contributed by atoms with Crippen LogP contribution in [0.1, 0.15) is 28.8 Å². The number of hydrogen-bond acceptors (Lipinski definition) is 2. The van der Waals surface area contributed by atoms with Crippen molar-refractivity contribution in [2.24, 2.45) is 0 Å². The van der Waals surface area contributed by atoms with Crippen LogP contribution in [0.4, 0.5) is 5.69 Å². The summed E-state index contributed by atoms with van der Waals surface area (Å²) in [5, 5.41) is 2.99. The van der Waals surface area contributed by atoms with Crippen LogP contribution in [-0.4, -0.2) is 26.5 Å². The van der Waals surface area contributed by atoms with Gasteiger partial charge in [-0.2, -0.15) is 0 Å². The molecular weight excluding hydrogens is 260 g/mol. The Balaban J connectivity index is 1.92. The maximum absolute atomic E-state index is 12.1. The first-order chi connectivity index (χ1) is 10.1. The molecule has 0 bridgehead atoms. The summed E-state index contributed by atoms with van der Waals surface area (Å²) >= 11 is 0. The monoisotopic (exact) mass is 282 g/mol. The van der Waals surface area contributed by atoms with Crippen molar-refractivity contribution in [2.75, 3.05) is 25.5 Å². The topological polar surface area (TPSA) is 32.3 Å². The molecule has 0 heterocycles. The van der Waals surface area contributed by atoms with Gasteiger partial charge in [-0.15, -0.1) is 0 Å². The molecule has 0 aliphatic rings. The normalized spacial score (nSPS) is 11.8. The molecule has 0 aliphatic heterocycles. The maximum atomic E-state index is 12.1. The third kappa shape index (κ3) is 4.09. The van der Waals surface area contributed by atoms with Crippen LogP contribution in [0.3, 0.4) is 0 Å². The van der Waals surface area contributed by atoms with Gasteiger partial charge in [-0.3, -0.25) is 4.79 Å². The molecule has 3 heteroatoms. The Morgan fingerprint density at radius 2 is 1.67 bits per heavy atom. The molecular formula is C18H22N2O. The molecule has 110 valence electrons. The molecule has 2 aromatic carbocycles. The maximum Gasteiger partial charge on any atom is 0.251 e. The van der Waals surface area contributed by atoms with E-state index in [2.05, 4.69) is 24.4 Å². The van der Waals surface area contributed by atoms with Crippen molar-refractivity contribution >= 4 is 11.6 Å². The summed E-state index contributed by atoms with van der Waals surface area (Å²) < 4.78 is 0. The van der Waals surface area contributed by atoms with Crippen LogP contribution in [0.5, 0.6) is 0 Å². The Bertz CT molecular complexity index is 576. The van der Waals surface area contributed by atoms with E-state index in [-0.39, 0.29) is 5.91 Å². The lowest BCUT2D eigenvalue weighted by atomic mass is 10.0. The minimum atomic E-state index is -0.0249. The minimum Gasteiger partial charge on any atom is -0.378 e. The van der Waals surface area contributed by atoms with E-state index in [0.717, 1.165) is 5.69 Å². The van der Waals surface area contributed by atoms with Crippen LogP contribution in [0.15, 0.2) is 54.6 Å². The summed E-state index contributed by atoms with van der Waals surface area (Å²) in [4.78, 5) is 14.1. The summed E-state index contributed by atoms with van der Waals surface area (Å²) in [5.74, 6) is 0.277. The first-order valence-corrected chi connectivity index (χ1v) is 7.18. The smallest absolute Gasteiger partial charge is 0.251 e. The average molecular weight is 282 g/mol. The number of nitrogens with one attached hydrogen (secondary N) is 1. The van der Waals surface area contributed by atoms with Crippen LogP contribution in [0, 0.1) is 0 Å². The Labute approximate surface area is 126 Å². The predicted octanol–water partition coefficient (Wildman–Crippen LogP) is 3.29. The Hall–Kier alpha value is -2.29. The van der Waals surface area contributed by atoms with Crippen LogP contribution in [0.2, 0.25) is 0 Å². The van der Waals surface area contributed by atoms with Crippen molar-refractivity contribution in [3.8, 4) is 0 Å². The molecule has 1 amide bonds. The Morgan fingerprint density at radius 3 is 2.24 bits per heavy atom. The third-order valence-electron chi connectivity index (χ3n) is 3.58. The molecule has 21 heavy (non-hydrogen) atoms. The molecule has 1 N–H and O–H groups in total. The fourth-order valence-electron chi connectivity index (χ4n) is 2.16. The van der Waals surface area contributed by atoms with Gasteiger partial charge in [0.15, 0.2) is 0 Å². The van der Waals surface area contributed by atoms with Crippen LogP contribution < -0.4 is 10.2 Å². The molecule has 0 radical (unpaired) electrons. The van der Waals surface area contributed by atoms with Crippen molar-refractivity contribution < 1.29 is 4.79 Å². The summed E-state index contributed by atoms with van der Waals surface area (Å²) in [6, 6.07) is 17.8. The van der Waals surface area contributed by atoms with Gasteiger partial charge in [-0.1, -0.05) is 37.3 Å². The summed E-state index contributed by atoms with van der Waals surface area (Å²) in [7, 11) is 3.97. The zero-order chi connectivity index (χ0) is 15.2. The first-order valence-electron chi connectivity index (χ1n) is 7.18. The van der Waals surface area contributed by atoms with E-state index in [9.17, 15) is 4.79 Å².